The first kappa shape index (κ1) is 17.9. The lowest BCUT2D eigenvalue weighted by molar-refractivity contribution is 0.627. The monoisotopic (exact) mass is 372 g/mol. The van der Waals surface area contributed by atoms with E-state index in [2.05, 4.69) is 46.6 Å². The van der Waals surface area contributed by atoms with Crippen LogP contribution in [-0.4, -0.2) is 9.97 Å². The van der Waals surface area contributed by atoms with E-state index in [0.29, 0.717) is 12.5 Å². The average molecular weight is 372 g/mol. The van der Waals surface area contributed by atoms with Gasteiger partial charge in [0.25, 0.3) is 0 Å². The second-order valence-electron chi connectivity index (χ2n) is 6.84. The largest absolute Gasteiger partial charge is 0.365 e. The van der Waals surface area contributed by atoms with Crippen molar-refractivity contribution >= 4 is 28.4 Å². The standard InChI is InChI=1S/C23H21FN4/c1-15-7-12-20(16(2)13-15)26-23-27-21-6-4-3-5-19(21)22(28-23)25-14-17-8-10-18(24)11-9-17/h3-13H,14H2,1-2H3,(H2,25,26,27,28). The second-order valence-corrected chi connectivity index (χ2v) is 6.84. The Kier molecular flexibility index (Phi) is 4.89. The van der Waals surface area contributed by atoms with Gasteiger partial charge in [0, 0.05) is 17.6 Å². The Labute approximate surface area is 163 Å². The third kappa shape index (κ3) is 3.93. The molecule has 5 heteroatoms. The van der Waals surface area contributed by atoms with Crippen molar-refractivity contribution in [2.24, 2.45) is 0 Å². The topological polar surface area (TPSA) is 49.8 Å². The van der Waals surface area contributed by atoms with Crippen LogP contribution < -0.4 is 10.6 Å². The lowest BCUT2D eigenvalue weighted by Gasteiger charge is -2.13. The van der Waals surface area contributed by atoms with E-state index in [1.54, 1.807) is 12.1 Å². The Morgan fingerprint density at radius 3 is 2.46 bits per heavy atom. The number of halogens is 1. The highest BCUT2D eigenvalue weighted by molar-refractivity contribution is 5.90. The van der Waals surface area contributed by atoms with Gasteiger partial charge < -0.3 is 10.6 Å². The summed E-state index contributed by atoms with van der Waals surface area (Å²) in [5.41, 5.74) is 5.16. The van der Waals surface area contributed by atoms with Crippen LogP contribution in [0.3, 0.4) is 0 Å². The highest BCUT2D eigenvalue weighted by Crippen LogP contribution is 2.25. The van der Waals surface area contributed by atoms with Gasteiger partial charge in [0.2, 0.25) is 5.95 Å². The van der Waals surface area contributed by atoms with Crippen molar-refractivity contribution in [1.82, 2.24) is 9.97 Å². The van der Waals surface area contributed by atoms with Gasteiger partial charge in [-0.1, -0.05) is 42.0 Å². The van der Waals surface area contributed by atoms with Crippen LogP contribution in [0.2, 0.25) is 0 Å². The van der Waals surface area contributed by atoms with Gasteiger partial charge in [-0.2, -0.15) is 4.98 Å². The second kappa shape index (κ2) is 7.64. The van der Waals surface area contributed by atoms with Crippen molar-refractivity contribution < 1.29 is 4.39 Å². The summed E-state index contributed by atoms with van der Waals surface area (Å²) in [6, 6.07) is 20.5. The molecule has 0 atom stereocenters. The molecule has 4 rings (SSSR count). The van der Waals surface area contributed by atoms with Crippen LogP contribution in [0.5, 0.6) is 0 Å². The van der Waals surface area contributed by atoms with E-state index < -0.39 is 0 Å². The van der Waals surface area contributed by atoms with Gasteiger partial charge in [0.1, 0.15) is 11.6 Å². The third-order valence-electron chi connectivity index (χ3n) is 4.60. The number of anilines is 3. The molecule has 0 aliphatic rings. The van der Waals surface area contributed by atoms with Crippen LogP contribution in [0, 0.1) is 19.7 Å². The smallest absolute Gasteiger partial charge is 0.229 e. The molecule has 0 fully saturated rings. The van der Waals surface area contributed by atoms with E-state index in [9.17, 15) is 4.39 Å². The molecule has 0 unspecified atom stereocenters. The van der Waals surface area contributed by atoms with Gasteiger partial charge in [-0.3, -0.25) is 0 Å². The molecule has 140 valence electrons. The molecule has 3 aromatic carbocycles. The van der Waals surface area contributed by atoms with Crippen molar-refractivity contribution in [3.05, 3.63) is 89.2 Å². The lowest BCUT2D eigenvalue weighted by atomic mass is 10.1. The lowest BCUT2D eigenvalue weighted by Crippen LogP contribution is -2.06. The summed E-state index contributed by atoms with van der Waals surface area (Å²) in [5, 5.41) is 7.63. The molecule has 0 aliphatic heterocycles. The zero-order valence-corrected chi connectivity index (χ0v) is 15.8. The van der Waals surface area contributed by atoms with Crippen molar-refractivity contribution in [3.63, 3.8) is 0 Å². The highest BCUT2D eigenvalue weighted by Gasteiger charge is 2.09. The molecular formula is C23H21FN4. The maximum Gasteiger partial charge on any atom is 0.229 e. The zero-order valence-electron chi connectivity index (χ0n) is 15.8. The number of hydrogen-bond donors (Lipinski definition) is 2. The molecule has 2 N–H and O–H groups in total. The fourth-order valence-corrected chi connectivity index (χ4v) is 3.13. The van der Waals surface area contributed by atoms with Crippen LogP contribution in [0.4, 0.5) is 21.8 Å². The number of para-hydroxylation sites is 1. The fraction of sp³-hybridized carbons (Fsp3) is 0.130. The van der Waals surface area contributed by atoms with E-state index in [0.717, 1.165) is 33.5 Å². The van der Waals surface area contributed by atoms with Gasteiger partial charge in [-0.25, -0.2) is 9.37 Å². The Hall–Kier alpha value is -3.47. The van der Waals surface area contributed by atoms with Gasteiger partial charge in [0.15, 0.2) is 0 Å². The predicted molar refractivity (Wildman–Crippen MR) is 112 cm³/mol. The zero-order chi connectivity index (χ0) is 19.5. The molecule has 0 spiro atoms. The van der Waals surface area contributed by atoms with Crippen LogP contribution in [0.1, 0.15) is 16.7 Å². The minimum absolute atomic E-state index is 0.240. The number of fused-ring (bicyclic) bond motifs is 1. The predicted octanol–water partition coefficient (Wildman–Crippen LogP) is 5.74. The molecule has 0 saturated heterocycles. The molecule has 4 nitrogen and oxygen atoms in total. The first-order valence-corrected chi connectivity index (χ1v) is 9.18. The maximum absolute atomic E-state index is 13.1. The van der Waals surface area contributed by atoms with Crippen LogP contribution in [0.25, 0.3) is 10.9 Å². The van der Waals surface area contributed by atoms with Crippen LogP contribution in [0.15, 0.2) is 66.7 Å². The Balaban J connectivity index is 1.65. The highest BCUT2D eigenvalue weighted by atomic mass is 19.1. The summed E-state index contributed by atoms with van der Waals surface area (Å²) in [6.07, 6.45) is 0. The fourth-order valence-electron chi connectivity index (χ4n) is 3.13. The number of benzene rings is 3. The summed E-state index contributed by atoms with van der Waals surface area (Å²) in [5.74, 6) is 1.03. The van der Waals surface area contributed by atoms with Gasteiger partial charge in [-0.05, 0) is 55.3 Å². The van der Waals surface area contributed by atoms with Crippen molar-refractivity contribution in [2.75, 3.05) is 10.6 Å². The molecule has 0 bridgehead atoms. The summed E-state index contributed by atoms with van der Waals surface area (Å²) < 4.78 is 13.1. The van der Waals surface area contributed by atoms with Gasteiger partial charge in [0.05, 0.1) is 5.52 Å². The van der Waals surface area contributed by atoms with E-state index in [4.69, 9.17) is 0 Å². The summed E-state index contributed by atoms with van der Waals surface area (Å²) in [4.78, 5) is 9.33. The van der Waals surface area contributed by atoms with Crippen molar-refractivity contribution in [1.29, 1.82) is 0 Å². The molecule has 1 aromatic heterocycles. The third-order valence-corrected chi connectivity index (χ3v) is 4.60. The van der Waals surface area contributed by atoms with E-state index in [1.165, 1.54) is 17.7 Å². The molecule has 0 radical (unpaired) electrons. The first-order chi connectivity index (χ1) is 13.6. The number of nitrogens with zero attached hydrogens (tertiary/aromatic N) is 2. The van der Waals surface area contributed by atoms with Gasteiger partial charge in [-0.15, -0.1) is 0 Å². The number of aryl methyl sites for hydroxylation is 2. The first-order valence-electron chi connectivity index (χ1n) is 9.18. The Morgan fingerprint density at radius 2 is 1.68 bits per heavy atom. The number of aromatic nitrogens is 2. The molecule has 0 aliphatic carbocycles. The minimum atomic E-state index is -0.240. The Bertz CT molecular complexity index is 1120. The Morgan fingerprint density at radius 1 is 0.893 bits per heavy atom. The molecule has 28 heavy (non-hydrogen) atoms. The van der Waals surface area contributed by atoms with E-state index >= 15 is 0 Å². The van der Waals surface area contributed by atoms with E-state index in [1.807, 2.05) is 30.3 Å². The summed E-state index contributed by atoms with van der Waals surface area (Å²) in [6.45, 7) is 4.68. The minimum Gasteiger partial charge on any atom is -0.365 e. The maximum atomic E-state index is 13.1. The van der Waals surface area contributed by atoms with Crippen LogP contribution in [-0.2, 0) is 6.54 Å². The molecule has 1 heterocycles. The molecule has 4 aromatic rings. The van der Waals surface area contributed by atoms with Crippen LogP contribution >= 0.6 is 0 Å². The van der Waals surface area contributed by atoms with E-state index in [-0.39, 0.29) is 5.82 Å². The normalized spacial score (nSPS) is 10.8. The summed E-state index contributed by atoms with van der Waals surface area (Å²) >= 11 is 0. The van der Waals surface area contributed by atoms with Crippen molar-refractivity contribution in [2.45, 2.75) is 20.4 Å². The van der Waals surface area contributed by atoms with Crippen molar-refractivity contribution in [3.8, 4) is 0 Å². The molecule has 0 saturated carbocycles. The SMILES string of the molecule is Cc1ccc(Nc2nc(NCc3ccc(F)cc3)c3ccccc3n2)c(C)c1. The number of hydrogen-bond acceptors (Lipinski definition) is 4. The molecular weight excluding hydrogens is 351 g/mol. The number of rotatable bonds is 5. The van der Waals surface area contributed by atoms with Gasteiger partial charge >= 0.3 is 0 Å². The average Bonchev–Trinajstić information content (AvgIpc) is 2.69. The molecule has 0 amide bonds. The number of nitrogens with one attached hydrogen (secondary N) is 2. The quantitative estimate of drug-likeness (QED) is 0.469. The summed E-state index contributed by atoms with van der Waals surface area (Å²) in [7, 11) is 0.